The summed E-state index contributed by atoms with van der Waals surface area (Å²) in [6.45, 7) is 0. The molecule has 0 radical (unpaired) electrons. The van der Waals surface area contributed by atoms with Gasteiger partial charge in [0.1, 0.15) is 5.82 Å². The molecule has 0 atom stereocenters. The first-order chi connectivity index (χ1) is 8.72. The maximum Gasteiger partial charge on any atom is 0.224 e. The molecule has 2 N–H and O–H groups in total. The quantitative estimate of drug-likeness (QED) is 0.832. The minimum atomic E-state index is -0.140. The Morgan fingerprint density at radius 1 is 1.28 bits per heavy atom. The third-order valence-corrected chi connectivity index (χ3v) is 4.39. The zero-order valence-electron chi connectivity index (χ0n) is 9.77. The molecule has 4 nitrogen and oxygen atoms in total. The molecule has 2 heterocycles. The van der Waals surface area contributed by atoms with Gasteiger partial charge in [-0.15, -0.1) is 11.3 Å². The number of aliphatic hydroxyl groups is 1. The van der Waals surface area contributed by atoms with Crippen molar-refractivity contribution in [2.45, 2.75) is 37.8 Å². The van der Waals surface area contributed by atoms with E-state index in [1.807, 2.05) is 11.4 Å². The van der Waals surface area contributed by atoms with E-state index in [-0.39, 0.29) is 11.4 Å². The second kappa shape index (κ2) is 4.99. The van der Waals surface area contributed by atoms with Crippen LogP contribution < -0.4 is 5.32 Å². The van der Waals surface area contributed by atoms with E-state index in [1.165, 1.54) is 0 Å². The molecule has 0 bridgehead atoms. The topological polar surface area (TPSA) is 58.0 Å². The van der Waals surface area contributed by atoms with Gasteiger partial charge < -0.3 is 10.4 Å². The van der Waals surface area contributed by atoms with Crippen molar-refractivity contribution in [1.29, 1.82) is 0 Å². The lowest BCUT2D eigenvalue weighted by molar-refractivity contribution is 0.126. The van der Waals surface area contributed by atoms with E-state index in [0.717, 1.165) is 41.7 Å². The van der Waals surface area contributed by atoms with Gasteiger partial charge in [0.15, 0.2) is 0 Å². The monoisotopic (exact) mass is 283 g/mol. The van der Waals surface area contributed by atoms with Crippen LogP contribution in [0.1, 0.15) is 25.7 Å². The van der Waals surface area contributed by atoms with Crippen molar-refractivity contribution in [2.75, 3.05) is 5.32 Å². The molecular weight excluding hydrogens is 270 g/mol. The summed E-state index contributed by atoms with van der Waals surface area (Å²) in [5.41, 5.74) is 0.887. The molecule has 0 saturated heterocycles. The largest absolute Gasteiger partial charge is 0.393 e. The molecule has 1 fully saturated rings. The van der Waals surface area contributed by atoms with Gasteiger partial charge in [0, 0.05) is 6.04 Å². The van der Waals surface area contributed by atoms with Crippen molar-refractivity contribution >= 4 is 39.0 Å². The summed E-state index contributed by atoms with van der Waals surface area (Å²) in [6.07, 6.45) is 3.50. The predicted molar refractivity (Wildman–Crippen MR) is 74.3 cm³/mol. The Bertz CT molecular complexity index is 551. The number of hydrogen-bond acceptors (Lipinski definition) is 5. The van der Waals surface area contributed by atoms with Crippen LogP contribution in [0.3, 0.4) is 0 Å². The number of nitrogens with one attached hydrogen (secondary N) is 1. The maximum absolute atomic E-state index is 9.50. The third-order valence-electron chi connectivity index (χ3n) is 3.31. The predicted octanol–water partition coefficient (Wildman–Crippen LogP) is 3.06. The minimum absolute atomic E-state index is 0.140. The zero-order valence-corrected chi connectivity index (χ0v) is 11.3. The fourth-order valence-electron chi connectivity index (χ4n) is 2.35. The van der Waals surface area contributed by atoms with E-state index in [2.05, 4.69) is 15.3 Å². The van der Waals surface area contributed by atoms with Gasteiger partial charge in [-0.1, -0.05) is 0 Å². The van der Waals surface area contributed by atoms with E-state index >= 15 is 0 Å². The van der Waals surface area contributed by atoms with Gasteiger partial charge in [0.25, 0.3) is 0 Å². The summed E-state index contributed by atoms with van der Waals surface area (Å²) in [6, 6.07) is 2.31. The number of aromatic nitrogens is 2. The van der Waals surface area contributed by atoms with Crippen LogP contribution in [0.5, 0.6) is 0 Å². The lowest BCUT2D eigenvalue weighted by atomic mass is 9.93. The average Bonchev–Trinajstić information content (AvgIpc) is 2.80. The van der Waals surface area contributed by atoms with Crippen LogP contribution >= 0.6 is 22.9 Å². The molecule has 0 aliphatic heterocycles. The normalized spacial score (nSPS) is 24.3. The van der Waals surface area contributed by atoms with Gasteiger partial charge in [0.05, 0.1) is 16.3 Å². The molecule has 2 aromatic rings. The Labute approximate surface area is 114 Å². The van der Waals surface area contributed by atoms with Crippen LogP contribution in [0, 0.1) is 0 Å². The summed E-state index contributed by atoms with van der Waals surface area (Å²) in [4.78, 5) is 8.46. The molecule has 96 valence electrons. The molecule has 3 rings (SSSR count). The number of halogens is 1. The van der Waals surface area contributed by atoms with Crippen LogP contribution in [-0.4, -0.2) is 27.2 Å². The first-order valence-corrected chi connectivity index (χ1v) is 7.33. The van der Waals surface area contributed by atoms with Gasteiger partial charge in [-0.25, -0.2) is 4.98 Å². The second-order valence-corrected chi connectivity index (χ2v) is 5.88. The van der Waals surface area contributed by atoms with Crippen molar-refractivity contribution in [3.63, 3.8) is 0 Å². The first kappa shape index (κ1) is 12.1. The van der Waals surface area contributed by atoms with Crippen LogP contribution in [-0.2, 0) is 0 Å². The van der Waals surface area contributed by atoms with E-state index < -0.39 is 0 Å². The highest BCUT2D eigenvalue weighted by molar-refractivity contribution is 7.17. The van der Waals surface area contributed by atoms with Crippen molar-refractivity contribution < 1.29 is 5.11 Å². The number of aliphatic hydroxyl groups excluding tert-OH is 1. The number of fused-ring (bicyclic) bond motifs is 1. The van der Waals surface area contributed by atoms with E-state index in [1.54, 1.807) is 11.3 Å². The van der Waals surface area contributed by atoms with E-state index in [9.17, 15) is 5.11 Å². The lowest BCUT2D eigenvalue weighted by Gasteiger charge is -2.26. The van der Waals surface area contributed by atoms with Gasteiger partial charge >= 0.3 is 0 Å². The first-order valence-electron chi connectivity index (χ1n) is 6.08. The Morgan fingerprint density at radius 2 is 2.06 bits per heavy atom. The van der Waals surface area contributed by atoms with Gasteiger partial charge in [-0.05, 0) is 48.7 Å². The molecule has 0 spiro atoms. The number of anilines is 1. The standard InChI is InChI=1S/C12H14ClN3OS/c13-12-15-9-5-6-18-10(9)11(16-12)14-7-1-3-8(17)4-2-7/h5-8,17H,1-4H2,(H,14,15,16)/t7-,8-. The molecule has 1 saturated carbocycles. The molecule has 0 unspecified atom stereocenters. The number of rotatable bonds is 2. The highest BCUT2D eigenvalue weighted by atomic mass is 35.5. The summed E-state index contributed by atoms with van der Waals surface area (Å²) in [5.74, 6) is 0.821. The summed E-state index contributed by atoms with van der Waals surface area (Å²) in [5, 5.41) is 15.2. The summed E-state index contributed by atoms with van der Waals surface area (Å²) >= 11 is 7.54. The Kier molecular flexibility index (Phi) is 3.37. The Hall–Kier alpha value is -0.910. The molecule has 6 heteroatoms. The molecule has 1 aliphatic rings. The molecular formula is C12H14ClN3OS. The van der Waals surface area contributed by atoms with E-state index in [4.69, 9.17) is 11.6 Å². The molecule has 2 aromatic heterocycles. The highest BCUT2D eigenvalue weighted by Crippen LogP contribution is 2.29. The second-order valence-electron chi connectivity index (χ2n) is 4.63. The fourth-order valence-corrected chi connectivity index (χ4v) is 3.31. The van der Waals surface area contributed by atoms with Crippen molar-refractivity contribution in [1.82, 2.24) is 9.97 Å². The smallest absolute Gasteiger partial charge is 0.224 e. The number of nitrogens with zero attached hydrogens (tertiary/aromatic N) is 2. The average molecular weight is 284 g/mol. The number of thiophene rings is 1. The molecule has 18 heavy (non-hydrogen) atoms. The van der Waals surface area contributed by atoms with Crippen molar-refractivity contribution in [3.8, 4) is 0 Å². The zero-order chi connectivity index (χ0) is 12.5. The Balaban J connectivity index is 1.83. The minimum Gasteiger partial charge on any atom is -0.393 e. The molecule has 0 amide bonds. The fraction of sp³-hybridized carbons (Fsp3) is 0.500. The van der Waals surface area contributed by atoms with Gasteiger partial charge in [0.2, 0.25) is 5.28 Å². The van der Waals surface area contributed by atoms with Crippen LogP contribution in [0.25, 0.3) is 10.2 Å². The van der Waals surface area contributed by atoms with E-state index in [0.29, 0.717) is 6.04 Å². The van der Waals surface area contributed by atoms with Crippen molar-refractivity contribution in [2.24, 2.45) is 0 Å². The molecule has 1 aliphatic carbocycles. The van der Waals surface area contributed by atoms with Crippen molar-refractivity contribution in [3.05, 3.63) is 16.7 Å². The maximum atomic E-state index is 9.50. The van der Waals surface area contributed by atoms with Gasteiger partial charge in [-0.3, -0.25) is 0 Å². The van der Waals surface area contributed by atoms with Crippen LogP contribution in [0.15, 0.2) is 11.4 Å². The van der Waals surface area contributed by atoms with Crippen LogP contribution in [0.2, 0.25) is 5.28 Å². The summed E-state index contributed by atoms with van der Waals surface area (Å²) in [7, 11) is 0. The number of hydrogen-bond donors (Lipinski definition) is 2. The SMILES string of the molecule is O[C@H]1CC[C@H](Nc2nc(Cl)nc3ccsc23)CC1. The summed E-state index contributed by atoms with van der Waals surface area (Å²) < 4.78 is 1.05. The highest BCUT2D eigenvalue weighted by Gasteiger charge is 2.20. The van der Waals surface area contributed by atoms with Crippen LogP contribution in [0.4, 0.5) is 5.82 Å². The third kappa shape index (κ3) is 2.43. The van der Waals surface area contributed by atoms with Gasteiger partial charge in [-0.2, -0.15) is 4.98 Å². The molecule has 0 aromatic carbocycles. The Morgan fingerprint density at radius 3 is 2.83 bits per heavy atom. The lowest BCUT2D eigenvalue weighted by Crippen LogP contribution is -2.28.